The molecule has 1 aromatic carbocycles. The molecule has 5 heteroatoms. The van der Waals surface area contributed by atoms with Crippen LogP contribution in [0.1, 0.15) is 11.1 Å². The quantitative estimate of drug-likeness (QED) is 0.584. The molecule has 16 heavy (non-hydrogen) atoms. The Morgan fingerprint density at radius 3 is 2.94 bits per heavy atom. The molecule has 82 valence electrons. The Morgan fingerprint density at radius 2 is 2.31 bits per heavy atom. The minimum absolute atomic E-state index is 0.118. The normalized spacial score (nSPS) is 10.3. The highest BCUT2D eigenvalue weighted by atomic mass is 16.6. The molecule has 0 aliphatic carbocycles. The van der Waals surface area contributed by atoms with Crippen LogP contribution in [0.3, 0.4) is 0 Å². The number of aromatic nitrogens is 2. The number of imidazole rings is 1. The summed E-state index contributed by atoms with van der Waals surface area (Å²) in [4.78, 5) is 13.7. The zero-order valence-electron chi connectivity index (χ0n) is 8.83. The second kappa shape index (κ2) is 4.14. The summed E-state index contributed by atoms with van der Waals surface area (Å²) in [6, 6.07) is 8.01. The van der Waals surface area contributed by atoms with Gasteiger partial charge in [-0.15, -0.1) is 0 Å². The number of hydrogen-bond donors (Lipinski definition) is 0. The first kappa shape index (κ1) is 10.4. The molecule has 2 aromatic rings. The fourth-order valence-electron chi connectivity index (χ4n) is 1.55. The monoisotopic (exact) mass is 217 g/mol. The van der Waals surface area contributed by atoms with Gasteiger partial charge in [-0.25, -0.2) is 0 Å². The second-order valence-electron chi connectivity index (χ2n) is 3.65. The van der Waals surface area contributed by atoms with Crippen LogP contribution in [0.25, 0.3) is 0 Å². The van der Waals surface area contributed by atoms with Gasteiger partial charge in [0.1, 0.15) is 6.20 Å². The predicted octanol–water partition coefficient (Wildman–Crippen LogP) is 2.15. The second-order valence-corrected chi connectivity index (χ2v) is 3.65. The van der Waals surface area contributed by atoms with E-state index in [4.69, 9.17) is 0 Å². The van der Waals surface area contributed by atoms with Crippen molar-refractivity contribution in [1.29, 1.82) is 0 Å². The summed E-state index contributed by atoms with van der Waals surface area (Å²) in [5.41, 5.74) is 2.28. The van der Waals surface area contributed by atoms with Gasteiger partial charge in [0.25, 0.3) is 0 Å². The lowest BCUT2D eigenvalue weighted by atomic mass is 10.1. The lowest BCUT2D eigenvalue weighted by molar-refractivity contribution is -0.389. The van der Waals surface area contributed by atoms with E-state index in [1.54, 1.807) is 4.57 Å². The molecule has 0 unspecified atom stereocenters. The average molecular weight is 217 g/mol. The Balaban J connectivity index is 2.17. The van der Waals surface area contributed by atoms with Gasteiger partial charge in [-0.3, -0.25) is 0 Å². The maximum absolute atomic E-state index is 10.5. The molecule has 5 nitrogen and oxygen atoms in total. The molecule has 0 radical (unpaired) electrons. The molecular weight excluding hydrogens is 206 g/mol. The van der Waals surface area contributed by atoms with E-state index in [-0.39, 0.29) is 5.82 Å². The molecule has 0 aliphatic rings. The minimum atomic E-state index is -0.493. The highest BCUT2D eigenvalue weighted by molar-refractivity contribution is 5.23. The van der Waals surface area contributed by atoms with E-state index < -0.39 is 4.92 Å². The average Bonchev–Trinajstić information content (AvgIpc) is 2.66. The topological polar surface area (TPSA) is 61.0 Å². The van der Waals surface area contributed by atoms with Gasteiger partial charge in [0.15, 0.2) is 0 Å². The number of nitro groups is 1. The Hall–Kier alpha value is -2.17. The SMILES string of the molecule is Cc1cccc(Cn2cnc([N+](=O)[O-])c2)c1. The largest absolute Gasteiger partial charge is 0.381 e. The third kappa shape index (κ3) is 2.25. The summed E-state index contributed by atoms with van der Waals surface area (Å²) in [5, 5.41) is 10.5. The first-order valence-electron chi connectivity index (χ1n) is 4.87. The van der Waals surface area contributed by atoms with Gasteiger partial charge >= 0.3 is 5.82 Å². The molecule has 0 amide bonds. The fraction of sp³-hybridized carbons (Fsp3) is 0.182. The fourth-order valence-corrected chi connectivity index (χ4v) is 1.55. The molecule has 0 fully saturated rings. The van der Waals surface area contributed by atoms with Crippen molar-refractivity contribution in [2.75, 3.05) is 0 Å². The molecule has 0 bridgehead atoms. The first-order chi connectivity index (χ1) is 7.65. The van der Waals surface area contributed by atoms with Crippen LogP contribution < -0.4 is 0 Å². The number of aryl methyl sites for hydroxylation is 1. The highest BCUT2D eigenvalue weighted by Crippen LogP contribution is 2.10. The van der Waals surface area contributed by atoms with Crippen molar-refractivity contribution < 1.29 is 4.92 Å². The van der Waals surface area contributed by atoms with E-state index in [0.29, 0.717) is 6.54 Å². The van der Waals surface area contributed by atoms with Crippen molar-refractivity contribution in [2.24, 2.45) is 0 Å². The Bertz CT molecular complexity index is 519. The molecule has 0 aliphatic heterocycles. The molecule has 0 saturated heterocycles. The number of hydrogen-bond acceptors (Lipinski definition) is 3. The standard InChI is InChI=1S/C11H11N3O2/c1-9-3-2-4-10(5-9)6-13-7-11(12-8-13)14(15)16/h2-5,7-8H,6H2,1H3. The number of nitrogens with zero attached hydrogens (tertiary/aromatic N) is 3. The van der Waals surface area contributed by atoms with Crippen LogP contribution in [0.4, 0.5) is 5.82 Å². The van der Waals surface area contributed by atoms with Crippen LogP contribution in [-0.4, -0.2) is 14.5 Å². The van der Waals surface area contributed by atoms with Gasteiger partial charge in [0.05, 0.1) is 6.54 Å². The van der Waals surface area contributed by atoms with Crippen LogP contribution in [0.15, 0.2) is 36.8 Å². The lowest BCUT2D eigenvalue weighted by Crippen LogP contribution is -1.96. The van der Waals surface area contributed by atoms with Gasteiger partial charge in [0.2, 0.25) is 6.33 Å². The highest BCUT2D eigenvalue weighted by Gasteiger charge is 2.09. The van der Waals surface area contributed by atoms with Crippen molar-refractivity contribution in [3.63, 3.8) is 0 Å². The van der Waals surface area contributed by atoms with Crippen molar-refractivity contribution in [2.45, 2.75) is 13.5 Å². The number of rotatable bonds is 3. The van der Waals surface area contributed by atoms with Gasteiger partial charge in [-0.2, -0.15) is 0 Å². The zero-order chi connectivity index (χ0) is 11.5. The maximum Gasteiger partial charge on any atom is 0.381 e. The van der Waals surface area contributed by atoms with Crippen LogP contribution in [-0.2, 0) is 6.54 Å². The van der Waals surface area contributed by atoms with E-state index in [9.17, 15) is 10.1 Å². The van der Waals surface area contributed by atoms with Crippen LogP contribution in [0.5, 0.6) is 0 Å². The molecule has 0 spiro atoms. The van der Waals surface area contributed by atoms with Crippen LogP contribution in [0, 0.1) is 17.0 Å². The molecule has 1 aromatic heterocycles. The van der Waals surface area contributed by atoms with E-state index in [0.717, 1.165) is 5.56 Å². The predicted molar refractivity (Wildman–Crippen MR) is 59.2 cm³/mol. The van der Waals surface area contributed by atoms with Crippen molar-refractivity contribution in [1.82, 2.24) is 9.55 Å². The summed E-state index contributed by atoms with van der Waals surface area (Å²) in [6.45, 7) is 2.61. The van der Waals surface area contributed by atoms with E-state index in [1.807, 2.05) is 31.2 Å². The molecule has 2 rings (SSSR count). The Kier molecular flexibility index (Phi) is 2.68. The van der Waals surface area contributed by atoms with Crippen LogP contribution >= 0.6 is 0 Å². The van der Waals surface area contributed by atoms with Crippen molar-refractivity contribution in [3.05, 3.63) is 58.0 Å². The van der Waals surface area contributed by atoms with Gasteiger partial charge in [-0.1, -0.05) is 29.8 Å². The summed E-state index contributed by atoms with van der Waals surface area (Å²) < 4.78 is 1.70. The summed E-state index contributed by atoms with van der Waals surface area (Å²) in [7, 11) is 0. The van der Waals surface area contributed by atoms with E-state index in [2.05, 4.69) is 4.98 Å². The third-order valence-corrected chi connectivity index (χ3v) is 2.25. The minimum Gasteiger partial charge on any atom is -0.358 e. The molecule has 0 saturated carbocycles. The third-order valence-electron chi connectivity index (χ3n) is 2.25. The summed E-state index contributed by atoms with van der Waals surface area (Å²) in [6.07, 6.45) is 2.91. The van der Waals surface area contributed by atoms with Gasteiger partial charge in [-0.05, 0) is 22.4 Å². The molecular formula is C11H11N3O2. The maximum atomic E-state index is 10.5. The van der Waals surface area contributed by atoms with Gasteiger partial charge < -0.3 is 14.7 Å². The molecule has 0 N–H and O–H groups in total. The van der Waals surface area contributed by atoms with E-state index in [1.165, 1.54) is 18.1 Å². The summed E-state index contributed by atoms with van der Waals surface area (Å²) in [5.74, 6) is -0.118. The Morgan fingerprint density at radius 1 is 1.50 bits per heavy atom. The lowest BCUT2D eigenvalue weighted by Gasteiger charge is -2.01. The van der Waals surface area contributed by atoms with Crippen molar-refractivity contribution in [3.8, 4) is 0 Å². The van der Waals surface area contributed by atoms with Gasteiger partial charge in [0, 0.05) is 0 Å². The molecule has 0 atom stereocenters. The van der Waals surface area contributed by atoms with E-state index >= 15 is 0 Å². The van der Waals surface area contributed by atoms with Crippen LogP contribution in [0.2, 0.25) is 0 Å². The number of benzene rings is 1. The molecule has 1 heterocycles. The first-order valence-corrected chi connectivity index (χ1v) is 4.87. The summed E-state index contributed by atoms with van der Waals surface area (Å²) >= 11 is 0. The van der Waals surface area contributed by atoms with Crippen molar-refractivity contribution >= 4 is 5.82 Å². The smallest absolute Gasteiger partial charge is 0.358 e. The Labute approximate surface area is 92.5 Å². The zero-order valence-corrected chi connectivity index (χ0v) is 8.83.